The third kappa shape index (κ3) is 3.20. The molecule has 2 N–H and O–H groups in total. The summed E-state index contributed by atoms with van der Waals surface area (Å²) >= 11 is 0. The zero-order valence-electron chi connectivity index (χ0n) is 11.9. The van der Waals surface area contributed by atoms with Crippen LogP contribution in [0.1, 0.15) is 30.1 Å². The molecule has 0 heterocycles. The van der Waals surface area contributed by atoms with Gasteiger partial charge in [0.25, 0.3) is 5.92 Å². The first kappa shape index (κ1) is 16.6. The fraction of sp³-hybridized carbons (Fsp3) is 0.462. The summed E-state index contributed by atoms with van der Waals surface area (Å²) in [6.45, 7) is 1.38. The molecule has 122 valence electrons. The molecule has 9 heteroatoms. The van der Waals surface area contributed by atoms with Crippen molar-refractivity contribution in [1.82, 2.24) is 4.72 Å². The number of halogens is 2. The lowest BCUT2D eigenvalue weighted by atomic mass is 9.76. The van der Waals surface area contributed by atoms with E-state index in [-0.39, 0.29) is 16.2 Å². The molecule has 0 saturated heterocycles. The van der Waals surface area contributed by atoms with E-state index < -0.39 is 40.3 Å². The Hall–Kier alpha value is -1.74. The number of hydrogen-bond donors (Lipinski definition) is 2. The van der Waals surface area contributed by atoms with E-state index >= 15 is 0 Å². The first-order valence-corrected chi connectivity index (χ1v) is 7.80. The Morgan fingerprint density at radius 1 is 1.36 bits per heavy atom. The first-order valence-electron chi connectivity index (χ1n) is 6.31. The Morgan fingerprint density at radius 3 is 2.41 bits per heavy atom. The van der Waals surface area contributed by atoms with Crippen molar-refractivity contribution in [2.75, 3.05) is 7.11 Å². The van der Waals surface area contributed by atoms with Crippen LogP contribution in [0.4, 0.5) is 8.78 Å². The molecule has 0 aliphatic heterocycles. The molecule has 1 saturated carbocycles. The summed E-state index contributed by atoms with van der Waals surface area (Å²) in [5.41, 5.74) is -1.57. The minimum absolute atomic E-state index is 0.00726. The highest BCUT2D eigenvalue weighted by Gasteiger charge is 2.55. The zero-order chi connectivity index (χ0) is 16.8. The van der Waals surface area contributed by atoms with Crippen LogP contribution in [0.2, 0.25) is 0 Å². The molecule has 22 heavy (non-hydrogen) atoms. The van der Waals surface area contributed by atoms with Gasteiger partial charge in [0, 0.05) is 18.4 Å². The maximum atomic E-state index is 13.0. The Balaban J connectivity index is 2.31. The zero-order valence-corrected chi connectivity index (χ0v) is 12.7. The van der Waals surface area contributed by atoms with Crippen LogP contribution >= 0.6 is 0 Å². The SMILES string of the molecule is COc1ccc(S(=O)(=O)NC2(C)CC(F)(F)C2)cc1C(=O)O. The molecule has 0 atom stereocenters. The average Bonchev–Trinajstić information content (AvgIpc) is 2.34. The molecule has 1 fully saturated rings. The van der Waals surface area contributed by atoms with Gasteiger partial charge < -0.3 is 9.84 Å². The van der Waals surface area contributed by atoms with Gasteiger partial charge in [0.15, 0.2) is 0 Å². The van der Waals surface area contributed by atoms with Crippen LogP contribution in [-0.2, 0) is 10.0 Å². The van der Waals surface area contributed by atoms with Gasteiger partial charge in [-0.25, -0.2) is 26.7 Å². The minimum atomic E-state index is -4.11. The standard InChI is InChI=1S/C13H15F2NO5S/c1-12(6-13(14,15)7-12)16-22(19,20)8-3-4-10(21-2)9(5-8)11(17)18/h3-5,16H,6-7H2,1-2H3,(H,17,18). The summed E-state index contributed by atoms with van der Waals surface area (Å²) in [5, 5.41) is 9.05. The van der Waals surface area contributed by atoms with Crippen LogP contribution in [0.3, 0.4) is 0 Å². The van der Waals surface area contributed by atoms with E-state index in [9.17, 15) is 22.0 Å². The first-order chi connectivity index (χ1) is 9.98. The molecule has 6 nitrogen and oxygen atoms in total. The van der Waals surface area contributed by atoms with E-state index in [2.05, 4.69) is 4.72 Å². The van der Waals surface area contributed by atoms with Crippen LogP contribution in [0, 0.1) is 0 Å². The summed E-state index contributed by atoms with van der Waals surface area (Å²) < 4.78 is 57.4. The molecule has 1 aliphatic rings. The molecular formula is C13H15F2NO5S. The number of aromatic carboxylic acids is 1. The lowest BCUT2D eigenvalue weighted by Gasteiger charge is -2.44. The second-order valence-electron chi connectivity index (χ2n) is 5.54. The van der Waals surface area contributed by atoms with Crippen molar-refractivity contribution >= 4 is 16.0 Å². The van der Waals surface area contributed by atoms with Crippen molar-refractivity contribution in [3.05, 3.63) is 23.8 Å². The molecule has 1 aromatic carbocycles. The Labute approximate surface area is 126 Å². The monoisotopic (exact) mass is 335 g/mol. The van der Waals surface area contributed by atoms with Crippen molar-refractivity contribution in [3.8, 4) is 5.75 Å². The number of ether oxygens (including phenoxy) is 1. The van der Waals surface area contributed by atoms with Crippen molar-refractivity contribution in [3.63, 3.8) is 0 Å². The second kappa shape index (κ2) is 5.17. The van der Waals surface area contributed by atoms with Gasteiger partial charge in [0.1, 0.15) is 11.3 Å². The summed E-state index contributed by atoms with van der Waals surface area (Å²) in [5.74, 6) is -4.23. The highest BCUT2D eigenvalue weighted by Crippen LogP contribution is 2.45. The lowest BCUT2D eigenvalue weighted by molar-refractivity contribution is -0.121. The van der Waals surface area contributed by atoms with Crippen molar-refractivity contribution in [2.24, 2.45) is 0 Å². The number of carbonyl (C=O) groups is 1. The Morgan fingerprint density at radius 2 is 1.95 bits per heavy atom. The van der Waals surface area contributed by atoms with Gasteiger partial charge >= 0.3 is 5.97 Å². The fourth-order valence-electron chi connectivity index (χ4n) is 2.57. The molecular weight excluding hydrogens is 320 g/mol. The third-order valence-corrected chi connectivity index (χ3v) is 5.03. The van der Waals surface area contributed by atoms with E-state index in [0.29, 0.717) is 0 Å². The normalized spacial score (nSPS) is 19.3. The third-order valence-electron chi connectivity index (χ3n) is 3.39. The largest absolute Gasteiger partial charge is 0.496 e. The fourth-order valence-corrected chi connectivity index (χ4v) is 4.00. The topological polar surface area (TPSA) is 92.7 Å². The van der Waals surface area contributed by atoms with Crippen molar-refractivity contribution in [1.29, 1.82) is 0 Å². The number of alkyl halides is 2. The average molecular weight is 335 g/mol. The van der Waals surface area contributed by atoms with Crippen molar-refractivity contribution < 1.29 is 31.8 Å². The van der Waals surface area contributed by atoms with Gasteiger partial charge in [-0.3, -0.25) is 0 Å². The summed E-state index contributed by atoms with van der Waals surface area (Å²) in [6, 6.07) is 3.30. The minimum Gasteiger partial charge on any atom is -0.496 e. The number of rotatable bonds is 5. The maximum absolute atomic E-state index is 13.0. The molecule has 0 radical (unpaired) electrons. The second-order valence-corrected chi connectivity index (χ2v) is 7.23. The smallest absolute Gasteiger partial charge is 0.339 e. The van der Waals surface area contributed by atoms with Crippen LogP contribution in [-0.4, -0.2) is 38.1 Å². The van der Waals surface area contributed by atoms with E-state index in [0.717, 1.165) is 12.1 Å². The van der Waals surface area contributed by atoms with E-state index in [1.54, 1.807) is 0 Å². The highest BCUT2D eigenvalue weighted by molar-refractivity contribution is 7.89. The van der Waals surface area contributed by atoms with Gasteiger partial charge in [-0.05, 0) is 25.1 Å². The maximum Gasteiger partial charge on any atom is 0.339 e. The van der Waals surface area contributed by atoms with Gasteiger partial charge in [-0.1, -0.05) is 0 Å². The van der Waals surface area contributed by atoms with Gasteiger partial charge in [-0.2, -0.15) is 0 Å². The predicted octanol–water partition coefficient (Wildman–Crippen LogP) is 1.86. The molecule has 0 aromatic heterocycles. The van der Waals surface area contributed by atoms with Crippen LogP contribution < -0.4 is 9.46 Å². The molecule has 0 amide bonds. The summed E-state index contributed by atoms with van der Waals surface area (Å²) in [4.78, 5) is 10.8. The number of methoxy groups -OCH3 is 1. The number of hydrogen-bond acceptors (Lipinski definition) is 4. The van der Waals surface area contributed by atoms with Gasteiger partial charge in [-0.15, -0.1) is 0 Å². The molecule has 0 bridgehead atoms. The molecule has 0 unspecified atom stereocenters. The summed E-state index contributed by atoms with van der Waals surface area (Å²) in [6.07, 6.45) is -1.19. The van der Waals surface area contributed by atoms with E-state index in [1.807, 2.05) is 0 Å². The Kier molecular flexibility index (Phi) is 3.90. The van der Waals surface area contributed by atoms with E-state index in [4.69, 9.17) is 9.84 Å². The summed E-state index contributed by atoms with van der Waals surface area (Å²) in [7, 11) is -2.86. The van der Waals surface area contributed by atoms with Crippen molar-refractivity contribution in [2.45, 2.75) is 36.1 Å². The van der Waals surface area contributed by atoms with Crippen LogP contribution in [0.15, 0.2) is 23.1 Å². The highest BCUT2D eigenvalue weighted by atomic mass is 32.2. The number of nitrogens with one attached hydrogen (secondary N) is 1. The van der Waals surface area contributed by atoms with Gasteiger partial charge in [0.05, 0.1) is 12.0 Å². The quantitative estimate of drug-likeness (QED) is 0.857. The molecule has 1 aliphatic carbocycles. The number of sulfonamides is 1. The molecule has 2 rings (SSSR count). The van der Waals surface area contributed by atoms with E-state index in [1.165, 1.54) is 20.1 Å². The number of benzene rings is 1. The Bertz CT molecular complexity index is 709. The van der Waals surface area contributed by atoms with Crippen LogP contribution in [0.5, 0.6) is 5.75 Å². The van der Waals surface area contributed by atoms with Crippen LogP contribution in [0.25, 0.3) is 0 Å². The molecule has 1 aromatic rings. The lowest BCUT2D eigenvalue weighted by Crippen LogP contribution is -2.60. The molecule has 0 spiro atoms. The number of carboxylic acid groups (broad SMARTS) is 1. The predicted molar refractivity (Wildman–Crippen MR) is 72.9 cm³/mol. The van der Waals surface area contributed by atoms with Gasteiger partial charge in [0.2, 0.25) is 10.0 Å². The number of carboxylic acids is 1.